The molecule has 0 aromatic heterocycles. The molecule has 0 heterocycles. The Kier molecular flexibility index (Phi) is 2.22. The lowest BCUT2D eigenvalue weighted by molar-refractivity contribution is 0.766. The number of hydrogen-bond donors (Lipinski definition) is 0. The van der Waals surface area contributed by atoms with Gasteiger partial charge in [-0.15, -0.1) is 0 Å². The van der Waals surface area contributed by atoms with Crippen molar-refractivity contribution >= 4 is 15.9 Å². The summed E-state index contributed by atoms with van der Waals surface area (Å²) in [5.41, 5.74) is 1.52. The van der Waals surface area contributed by atoms with Gasteiger partial charge in [0.1, 0.15) is 0 Å². The molecule has 1 aliphatic carbocycles. The van der Waals surface area contributed by atoms with Gasteiger partial charge in [0.2, 0.25) is 0 Å². The van der Waals surface area contributed by atoms with Crippen LogP contribution in [-0.4, -0.2) is 0 Å². The monoisotopic (exact) mass is 224 g/mol. The maximum absolute atomic E-state index is 3.45. The number of halogens is 1. The average molecular weight is 225 g/mol. The van der Waals surface area contributed by atoms with Gasteiger partial charge >= 0.3 is 0 Å². The molecule has 1 heteroatoms. The van der Waals surface area contributed by atoms with Crippen LogP contribution in [0.2, 0.25) is 0 Å². The predicted molar refractivity (Wildman–Crippen MR) is 55.3 cm³/mol. The van der Waals surface area contributed by atoms with E-state index >= 15 is 0 Å². The Bertz CT molecular complexity index is 263. The van der Waals surface area contributed by atoms with Gasteiger partial charge in [-0.1, -0.05) is 41.4 Å². The van der Waals surface area contributed by atoms with Crippen molar-refractivity contribution in [3.63, 3.8) is 0 Å². The van der Waals surface area contributed by atoms with Crippen molar-refractivity contribution in [1.82, 2.24) is 0 Å². The fourth-order valence-electron chi connectivity index (χ4n) is 1.82. The van der Waals surface area contributed by atoms with Crippen LogP contribution in [0, 0.1) is 5.92 Å². The maximum atomic E-state index is 3.45. The lowest BCUT2D eigenvalue weighted by Crippen LogP contribution is -1.81. The van der Waals surface area contributed by atoms with E-state index in [0.29, 0.717) is 0 Å². The van der Waals surface area contributed by atoms with Crippen LogP contribution < -0.4 is 0 Å². The topological polar surface area (TPSA) is 0 Å². The van der Waals surface area contributed by atoms with Crippen LogP contribution in [0.25, 0.3) is 0 Å². The zero-order valence-electron chi connectivity index (χ0n) is 7.26. The molecular formula is C11H13Br. The summed E-state index contributed by atoms with van der Waals surface area (Å²) in [5.74, 6) is 1.83. The SMILES string of the molecule is CCC1CC1c1ccc(Br)cc1. The summed E-state index contributed by atoms with van der Waals surface area (Å²) < 4.78 is 1.18. The van der Waals surface area contributed by atoms with Gasteiger partial charge in [-0.3, -0.25) is 0 Å². The first kappa shape index (κ1) is 8.31. The largest absolute Gasteiger partial charge is 0.0651 e. The Morgan fingerprint density at radius 3 is 2.50 bits per heavy atom. The molecule has 0 nitrogen and oxygen atoms in total. The normalized spacial score (nSPS) is 27.2. The molecule has 0 N–H and O–H groups in total. The van der Waals surface area contributed by atoms with E-state index in [1.165, 1.54) is 22.9 Å². The van der Waals surface area contributed by atoms with Crippen LogP contribution >= 0.6 is 15.9 Å². The molecule has 64 valence electrons. The minimum atomic E-state index is 0.864. The average Bonchev–Trinajstić information content (AvgIpc) is 2.85. The van der Waals surface area contributed by atoms with E-state index in [0.717, 1.165) is 11.8 Å². The molecule has 2 rings (SSSR count). The van der Waals surface area contributed by atoms with Gasteiger partial charge in [-0.2, -0.15) is 0 Å². The van der Waals surface area contributed by atoms with Gasteiger partial charge in [0.15, 0.2) is 0 Å². The van der Waals surface area contributed by atoms with Crippen LogP contribution in [0.1, 0.15) is 31.2 Å². The summed E-state index contributed by atoms with van der Waals surface area (Å²) in [4.78, 5) is 0. The first-order chi connectivity index (χ1) is 5.81. The van der Waals surface area contributed by atoms with Crippen LogP contribution in [-0.2, 0) is 0 Å². The molecule has 0 saturated heterocycles. The second-order valence-corrected chi connectivity index (χ2v) is 4.48. The molecule has 2 atom stereocenters. The summed E-state index contributed by atoms with van der Waals surface area (Å²) in [6.07, 6.45) is 2.73. The van der Waals surface area contributed by atoms with Gasteiger partial charge < -0.3 is 0 Å². The number of rotatable bonds is 2. The predicted octanol–water partition coefficient (Wildman–Crippen LogP) is 3.96. The lowest BCUT2D eigenvalue weighted by atomic mass is 10.1. The molecule has 1 aromatic carbocycles. The van der Waals surface area contributed by atoms with Crippen molar-refractivity contribution in [2.24, 2.45) is 5.92 Å². The van der Waals surface area contributed by atoms with E-state index < -0.39 is 0 Å². The Morgan fingerprint density at radius 2 is 2.00 bits per heavy atom. The lowest BCUT2D eigenvalue weighted by Gasteiger charge is -1.98. The zero-order valence-corrected chi connectivity index (χ0v) is 8.84. The molecule has 2 unspecified atom stereocenters. The number of benzene rings is 1. The Labute approximate surface area is 82.1 Å². The third kappa shape index (κ3) is 1.56. The summed E-state index contributed by atoms with van der Waals surface area (Å²) >= 11 is 3.45. The van der Waals surface area contributed by atoms with Gasteiger partial charge in [0.25, 0.3) is 0 Å². The van der Waals surface area contributed by atoms with Crippen molar-refractivity contribution < 1.29 is 0 Å². The second kappa shape index (κ2) is 3.21. The molecule has 0 aliphatic heterocycles. The third-order valence-electron chi connectivity index (χ3n) is 2.75. The molecule has 0 radical (unpaired) electrons. The van der Waals surface area contributed by atoms with Gasteiger partial charge in [0.05, 0.1) is 0 Å². The molecular weight excluding hydrogens is 212 g/mol. The van der Waals surface area contributed by atoms with Crippen molar-refractivity contribution in [2.75, 3.05) is 0 Å². The fourth-order valence-corrected chi connectivity index (χ4v) is 2.08. The van der Waals surface area contributed by atoms with E-state index in [-0.39, 0.29) is 0 Å². The van der Waals surface area contributed by atoms with Crippen molar-refractivity contribution in [3.8, 4) is 0 Å². The summed E-state index contributed by atoms with van der Waals surface area (Å²) in [6, 6.07) is 8.76. The van der Waals surface area contributed by atoms with Crippen molar-refractivity contribution in [3.05, 3.63) is 34.3 Å². The molecule has 1 aromatic rings. The van der Waals surface area contributed by atoms with Crippen LogP contribution in [0.3, 0.4) is 0 Å². The smallest absolute Gasteiger partial charge is 0.0175 e. The van der Waals surface area contributed by atoms with E-state index in [1.54, 1.807) is 0 Å². The van der Waals surface area contributed by atoms with Crippen molar-refractivity contribution in [1.29, 1.82) is 0 Å². The summed E-state index contributed by atoms with van der Waals surface area (Å²) in [7, 11) is 0. The maximum Gasteiger partial charge on any atom is 0.0175 e. The first-order valence-electron chi connectivity index (χ1n) is 4.56. The minimum Gasteiger partial charge on any atom is -0.0651 e. The van der Waals surface area contributed by atoms with Crippen LogP contribution in [0.5, 0.6) is 0 Å². The van der Waals surface area contributed by atoms with E-state index in [4.69, 9.17) is 0 Å². The highest BCUT2D eigenvalue weighted by Crippen LogP contribution is 2.49. The van der Waals surface area contributed by atoms with Crippen LogP contribution in [0.4, 0.5) is 0 Å². The van der Waals surface area contributed by atoms with E-state index in [9.17, 15) is 0 Å². The van der Waals surface area contributed by atoms with Gasteiger partial charge in [-0.05, 0) is 36.0 Å². The Hall–Kier alpha value is -0.300. The molecule has 0 bridgehead atoms. The quantitative estimate of drug-likeness (QED) is 0.714. The Balaban J connectivity index is 2.10. The second-order valence-electron chi connectivity index (χ2n) is 3.56. The third-order valence-corrected chi connectivity index (χ3v) is 3.27. The minimum absolute atomic E-state index is 0.864. The molecule has 1 aliphatic rings. The first-order valence-corrected chi connectivity index (χ1v) is 5.36. The van der Waals surface area contributed by atoms with Gasteiger partial charge in [-0.25, -0.2) is 0 Å². The molecule has 12 heavy (non-hydrogen) atoms. The van der Waals surface area contributed by atoms with Crippen LogP contribution in [0.15, 0.2) is 28.7 Å². The van der Waals surface area contributed by atoms with Crippen molar-refractivity contribution in [2.45, 2.75) is 25.7 Å². The fraction of sp³-hybridized carbons (Fsp3) is 0.455. The molecule has 0 amide bonds. The standard InChI is InChI=1S/C11H13Br/c1-2-8-7-11(8)9-3-5-10(12)6-4-9/h3-6,8,11H,2,7H2,1H3. The number of hydrogen-bond acceptors (Lipinski definition) is 0. The molecule has 1 fully saturated rings. The summed E-state index contributed by atoms with van der Waals surface area (Å²) in [5, 5.41) is 0. The highest BCUT2D eigenvalue weighted by Gasteiger charge is 2.36. The van der Waals surface area contributed by atoms with E-state index in [2.05, 4.69) is 47.1 Å². The van der Waals surface area contributed by atoms with E-state index in [1.807, 2.05) is 0 Å². The highest BCUT2D eigenvalue weighted by atomic mass is 79.9. The van der Waals surface area contributed by atoms with Gasteiger partial charge in [0, 0.05) is 4.47 Å². The molecule has 1 saturated carbocycles. The Morgan fingerprint density at radius 1 is 1.33 bits per heavy atom. The summed E-state index contributed by atoms with van der Waals surface area (Å²) in [6.45, 7) is 2.28. The zero-order chi connectivity index (χ0) is 8.55. The molecule has 0 spiro atoms. The highest BCUT2D eigenvalue weighted by molar-refractivity contribution is 9.10.